The number of carbonyl (C=O) groups is 2. The number of alkyl halides is 1. The summed E-state index contributed by atoms with van der Waals surface area (Å²) in [6, 6.07) is 0. The van der Waals surface area contributed by atoms with Gasteiger partial charge in [-0.15, -0.1) is 11.6 Å². The molecule has 1 aliphatic carbocycles. The van der Waals surface area contributed by atoms with Gasteiger partial charge in [0.1, 0.15) is 11.2 Å². The van der Waals surface area contributed by atoms with E-state index in [0.29, 0.717) is 25.9 Å². The first kappa shape index (κ1) is 11.5. The van der Waals surface area contributed by atoms with Crippen molar-refractivity contribution in [1.82, 2.24) is 0 Å². The van der Waals surface area contributed by atoms with Gasteiger partial charge in [-0.2, -0.15) is 0 Å². The van der Waals surface area contributed by atoms with E-state index in [1.54, 1.807) is 13.8 Å². The average Bonchev–Trinajstić information content (AvgIpc) is 2.12. The minimum atomic E-state index is -1.01. The third-order valence-corrected chi connectivity index (χ3v) is 3.03. The number of ether oxygens (including phenoxy) is 1. The van der Waals surface area contributed by atoms with Crippen LogP contribution in [-0.4, -0.2) is 23.7 Å². The van der Waals surface area contributed by atoms with E-state index < -0.39 is 11.4 Å². The standard InChI is InChI=1S/C10H15ClO3/c1-3-14-9(13)10(2)6-7(11)4-5-8(10)12/h7H,3-6H2,1-2H3/t7-,10+/m1/s1. The predicted octanol–water partition coefficient (Wildman–Crippen LogP) is 1.92. The molecule has 0 unspecified atom stereocenters. The van der Waals surface area contributed by atoms with E-state index in [2.05, 4.69) is 0 Å². The molecule has 0 radical (unpaired) electrons. The Morgan fingerprint density at radius 2 is 2.36 bits per heavy atom. The molecule has 2 atom stereocenters. The van der Waals surface area contributed by atoms with E-state index in [1.165, 1.54) is 0 Å². The highest BCUT2D eigenvalue weighted by Gasteiger charge is 2.46. The van der Waals surface area contributed by atoms with Crippen LogP contribution in [0.2, 0.25) is 0 Å². The second kappa shape index (κ2) is 4.30. The molecule has 1 fully saturated rings. The van der Waals surface area contributed by atoms with Gasteiger partial charge in [-0.1, -0.05) is 0 Å². The molecule has 1 aliphatic rings. The maximum Gasteiger partial charge on any atom is 0.319 e. The van der Waals surface area contributed by atoms with Crippen molar-refractivity contribution < 1.29 is 14.3 Å². The number of hydrogen-bond acceptors (Lipinski definition) is 3. The van der Waals surface area contributed by atoms with Gasteiger partial charge in [0, 0.05) is 11.8 Å². The van der Waals surface area contributed by atoms with Gasteiger partial charge in [-0.05, 0) is 26.7 Å². The third kappa shape index (κ3) is 2.08. The molecule has 0 aromatic rings. The molecule has 1 rings (SSSR count). The van der Waals surface area contributed by atoms with Gasteiger partial charge in [0.25, 0.3) is 0 Å². The summed E-state index contributed by atoms with van der Waals surface area (Å²) in [5.41, 5.74) is -1.01. The summed E-state index contributed by atoms with van der Waals surface area (Å²) in [5.74, 6) is -0.483. The minimum absolute atomic E-state index is 0.0483. The molecular weight excluding hydrogens is 204 g/mol. The van der Waals surface area contributed by atoms with E-state index in [-0.39, 0.29) is 11.2 Å². The average molecular weight is 219 g/mol. The van der Waals surface area contributed by atoms with Gasteiger partial charge in [-0.3, -0.25) is 9.59 Å². The lowest BCUT2D eigenvalue weighted by Crippen LogP contribution is -2.43. The first-order chi connectivity index (χ1) is 6.50. The topological polar surface area (TPSA) is 43.4 Å². The zero-order valence-corrected chi connectivity index (χ0v) is 9.26. The summed E-state index contributed by atoms with van der Waals surface area (Å²) in [6.07, 6.45) is 1.44. The van der Waals surface area contributed by atoms with Crippen molar-refractivity contribution in [1.29, 1.82) is 0 Å². The number of Topliss-reactive ketones (excluding diaryl/α,β-unsaturated/α-hetero) is 1. The van der Waals surface area contributed by atoms with Gasteiger partial charge < -0.3 is 4.74 Å². The molecule has 0 saturated heterocycles. The molecule has 0 amide bonds. The van der Waals surface area contributed by atoms with Gasteiger partial charge >= 0.3 is 5.97 Å². The van der Waals surface area contributed by atoms with Crippen molar-refractivity contribution in [2.24, 2.45) is 5.41 Å². The molecule has 0 N–H and O–H groups in total. The monoisotopic (exact) mass is 218 g/mol. The van der Waals surface area contributed by atoms with Crippen LogP contribution in [0, 0.1) is 5.41 Å². The van der Waals surface area contributed by atoms with Crippen molar-refractivity contribution in [3.8, 4) is 0 Å². The third-order valence-electron chi connectivity index (χ3n) is 2.66. The van der Waals surface area contributed by atoms with Gasteiger partial charge in [0.15, 0.2) is 0 Å². The molecule has 4 heteroatoms. The molecule has 14 heavy (non-hydrogen) atoms. The fraction of sp³-hybridized carbons (Fsp3) is 0.800. The number of rotatable bonds is 2. The molecule has 0 heterocycles. The Bertz CT molecular complexity index is 252. The largest absolute Gasteiger partial charge is 0.465 e. The maximum atomic E-state index is 11.6. The number of ketones is 1. The summed E-state index contributed by atoms with van der Waals surface area (Å²) >= 11 is 5.95. The van der Waals surface area contributed by atoms with Crippen LogP contribution in [0.5, 0.6) is 0 Å². The van der Waals surface area contributed by atoms with E-state index in [9.17, 15) is 9.59 Å². The summed E-state index contributed by atoms with van der Waals surface area (Å²) in [7, 11) is 0. The summed E-state index contributed by atoms with van der Waals surface area (Å²) in [6.45, 7) is 3.66. The zero-order valence-electron chi connectivity index (χ0n) is 8.51. The fourth-order valence-electron chi connectivity index (χ4n) is 1.71. The highest BCUT2D eigenvalue weighted by molar-refractivity contribution is 6.22. The Kier molecular flexibility index (Phi) is 3.53. The molecule has 0 aromatic heterocycles. The second-order valence-corrected chi connectivity index (χ2v) is 4.43. The highest BCUT2D eigenvalue weighted by Crippen LogP contribution is 2.36. The Morgan fingerprint density at radius 1 is 1.71 bits per heavy atom. The SMILES string of the molecule is CCOC(=O)[C@@]1(C)C[C@H](Cl)CCC1=O. The van der Waals surface area contributed by atoms with Crippen molar-refractivity contribution in [2.75, 3.05) is 6.61 Å². The maximum absolute atomic E-state index is 11.6. The van der Waals surface area contributed by atoms with Crippen molar-refractivity contribution in [2.45, 2.75) is 38.5 Å². The lowest BCUT2D eigenvalue weighted by molar-refractivity contribution is -0.160. The van der Waals surface area contributed by atoms with Gasteiger partial charge in [0.05, 0.1) is 6.61 Å². The highest BCUT2D eigenvalue weighted by atomic mass is 35.5. The lowest BCUT2D eigenvalue weighted by Gasteiger charge is -2.31. The number of esters is 1. The summed E-state index contributed by atoms with van der Waals surface area (Å²) < 4.78 is 4.88. The number of carbonyl (C=O) groups excluding carboxylic acids is 2. The zero-order chi connectivity index (χ0) is 10.8. The predicted molar refractivity (Wildman–Crippen MR) is 53.2 cm³/mol. The van der Waals surface area contributed by atoms with Crippen LogP contribution in [0.4, 0.5) is 0 Å². The van der Waals surface area contributed by atoms with Crippen LogP contribution in [-0.2, 0) is 14.3 Å². The number of hydrogen-bond donors (Lipinski definition) is 0. The molecule has 0 aliphatic heterocycles. The van der Waals surface area contributed by atoms with Crippen LogP contribution in [0.1, 0.15) is 33.1 Å². The van der Waals surface area contributed by atoms with Crippen LogP contribution in [0.25, 0.3) is 0 Å². The Labute approximate surface area is 88.8 Å². The van der Waals surface area contributed by atoms with Gasteiger partial charge in [0.2, 0.25) is 0 Å². The minimum Gasteiger partial charge on any atom is -0.465 e. The van der Waals surface area contributed by atoms with Crippen molar-refractivity contribution in [3.05, 3.63) is 0 Å². The van der Waals surface area contributed by atoms with E-state index in [0.717, 1.165) is 0 Å². The first-order valence-corrected chi connectivity index (χ1v) is 5.29. The first-order valence-electron chi connectivity index (χ1n) is 4.85. The molecular formula is C10H15ClO3. The molecule has 0 spiro atoms. The molecule has 80 valence electrons. The fourth-order valence-corrected chi connectivity index (χ4v) is 2.13. The van der Waals surface area contributed by atoms with Crippen LogP contribution in [0.3, 0.4) is 0 Å². The van der Waals surface area contributed by atoms with Crippen LogP contribution >= 0.6 is 11.6 Å². The molecule has 0 bridgehead atoms. The quantitative estimate of drug-likeness (QED) is 0.404. The van der Waals surface area contributed by atoms with Crippen LogP contribution in [0.15, 0.2) is 0 Å². The lowest BCUT2D eigenvalue weighted by atomic mass is 9.74. The smallest absolute Gasteiger partial charge is 0.319 e. The van der Waals surface area contributed by atoms with Crippen molar-refractivity contribution in [3.63, 3.8) is 0 Å². The van der Waals surface area contributed by atoms with E-state index >= 15 is 0 Å². The molecule has 0 aromatic carbocycles. The molecule has 1 saturated carbocycles. The van der Waals surface area contributed by atoms with Crippen LogP contribution < -0.4 is 0 Å². The number of halogens is 1. The Balaban J connectivity index is 2.78. The summed E-state index contributed by atoms with van der Waals surface area (Å²) in [4.78, 5) is 23.2. The normalized spacial score (nSPS) is 32.8. The Morgan fingerprint density at radius 3 is 2.93 bits per heavy atom. The van der Waals surface area contributed by atoms with Gasteiger partial charge in [-0.25, -0.2) is 0 Å². The van der Waals surface area contributed by atoms with E-state index in [1.807, 2.05) is 0 Å². The summed E-state index contributed by atoms with van der Waals surface area (Å²) in [5, 5.41) is -0.0953. The molecule has 3 nitrogen and oxygen atoms in total. The van der Waals surface area contributed by atoms with E-state index in [4.69, 9.17) is 16.3 Å². The van der Waals surface area contributed by atoms with Crippen molar-refractivity contribution >= 4 is 23.4 Å². The second-order valence-electron chi connectivity index (χ2n) is 3.82. The Hall–Kier alpha value is -0.570.